The molecule has 0 bridgehead atoms. The van der Waals surface area contributed by atoms with Crippen molar-refractivity contribution in [3.05, 3.63) is 56.8 Å². The van der Waals surface area contributed by atoms with Crippen molar-refractivity contribution in [2.75, 3.05) is 6.54 Å². The van der Waals surface area contributed by atoms with Gasteiger partial charge in [-0.05, 0) is 30.5 Å². The third kappa shape index (κ3) is 3.58. The molecule has 1 aromatic heterocycles. The number of nitrogens with one attached hydrogen (secondary N) is 2. The molecule has 3 N–H and O–H groups in total. The highest BCUT2D eigenvalue weighted by molar-refractivity contribution is 7.14. The average Bonchev–Trinajstić information content (AvgIpc) is 3.03. The normalized spacial score (nSPS) is 13.3. The fourth-order valence-electron chi connectivity index (χ4n) is 2.66. The number of carbonyl (C=O) groups excluding carboxylic acids is 2. The van der Waals surface area contributed by atoms with Crippen molar-refractivity contribution in [3.8, 4) is 0 Å². The van der Waals surface area contributed by atoms with Crippen LogP contribution >= 0.6 is 11.3 Å². The number of carbonyl (C=O) groups is 2. The lowest BCUT2D eigenvalue weighted by molar-refractivity contribution is 0.0711. The zero-order chi connectivity index (χ0) is 17.1. The predicted molar refractivity (Wildman–Crippen MR) is 91.1 cm³/mol. The molecule has 2 aromatic rings. The first kappa shape index (κ1) is 16.5. The standard InChI is InChI=1S/C17H19N3O3S/c1-11-2-4-12(5-3-11)9-18-17(22)20-7-6-13-8-14(16(21)19-23)24-15(13)10-20/h2-5,8,23H,6-7,9-10H2,1H3,(H,18,22)(H,19,21). The number of hydrogen-bond acceptors (Lipinski definition) is 4. The molecule has 6 nitrogen and oxygen atoms in total. The van der Waals surface area contributed by atoms with Gasteiger partial charge in [0.15, 0.2) is 0 Å². The van der Waals surface area contributed by atoms with Crippen molar-refractivity contribution in [2.24, 2.45) is 0 Å². The molecule has 7 heteroatoms. The molecule has 3 rings (SSSR count). The fraction of sp³-hybridized carbons (Fsp3) is 0.294. The first-order chi connectivity index (χ1) is 11.6. The quantitative estimate of drug-likeness (QED) is 0.590. The molecular formula is C17H19N3O3S. The smallest absolute Gasteiger partial charge is 0.318 e. The Morgan fingerprint density at radius 2 is 2.04 bits per heavy atom. The van der Waals surface area contributed by atoms with Crippen LogP contribution in [0.3, 0.4) is 0 Å². The second-order valence-corrected chi connectivity index (χ2v) is 6.95. The molecule has 0 aliphatic carbocycles. The van der Waals surface area contributed by atoms with Gasteiger partial charge in [-0.15, -0.1) is 11.3 Å². The summed E-state index contributed by atoms with van der Waals surface area (Å²) in [5.41, 5.74) is 4.96. The van der Waals surface area contributed by atoms with Crippen LogP contribution in [0, 0.1) is 6.92 Å². The number of amides is 3. The van der Waals surface area contributed by atoms with Gasteiger partial charge >= 0.3 is 6.03 Å². The largest absolute Gasteiger partial charge is 0.334 e. The summed E-state index contributed by atoms with van der Waals surface area (Å²) in [5, 5.41) is 11.6. The third-order valence-corrected chi connectivity index (χ3v) is 5.22. The minimum atomic E-state index is -0.509. The Hall–Kier alpha value is -2.38. The van der Waals surface area contributed by atoms with Gasteiger partial charge in [0.25, 0.3) is 5.91 Å². The average molecular weight is 345 g/mol. The fourth-order valence-corrected chi connectivity index (χ4v) is 3.77. The Balaban J connectivity index is 1.60. The van der Waals surface area contributed by atoms with E-state index in [1.807, 2.05) is 31.2 Å². The number of benzene rings is 1. The number of thiophene rings is 1. The van der Waals surface area contributed by atoms with E-state index in [2.05, 4.69) is 5.32 Å². The number of hydrogen-bond donors (Lipinski definition) is 3. The van der Waals surface area contributed by atoms with Crippen molar-refractivity contribution in [1.82, 2.24) is 15.7 Å². The Labute approximate surface area is 144 Å². The highest BCUT2D eigenvalue weighted by atomic mass is 32.1. The van der Waals surface area contributed by atoms with E-state index < -0.39 is 5.91 Å². The maximum absolute atomic E-state index is 12.3. The molecule has 0 radical (unpaired) electrons. The highest BCUT2D eigenvalue weighted by Crippen LogP contribution is 2.28. The van der Waals surface area contributed by atoms with Gasteiger partial charge in [-0.3, -0.25) is 10.0 Å². The van der Waals surface area contributed by atoms with Crippen LogP contribution in [0.2, 0.25) is 0 Å². The van der Waals surface area contributed by atoms with Crippen LogP contribution in [0.15, 0.2) is 30.3 Å². The van der Waals surface area contributed by atoms with E-state index in [1.54, 1.807) is 16.4 Å². The summed E-state index contributed by atoms with van der Waals surface area (Å²) in [6.07, 6.45) is 0.711. The Morgan fingerprint density at radius 1 is 1.29 bits per heavy atom. The minimum Gasteiger partial charge on any atom is -0.334 e. The van der Waals surface area contributed by atoms with Gasteiger partial charge in [-0.25, -0.2) is 10.3 Å². The summed E-state index contributed by atoms with van der Waals surface area (Å²) >= 11 is 1.31. The summed E-state index contributed by atoms with van der Waals surface area (Å²) in [4.78, 5) is 27.0. The van der Waals surface area contributed by atoms with Crippen molar-refractivity contribution < 1.29 is 14.8 Å². The zero-order valence-corrected chi connectivity index (χ0v) is 14.2. The highest BCUT2D eigenvalue weighted by Gasteiger charge is 2.24. The second-order valence-electron chi connectivity index (χ2n) is 5.82. The molecule has 1 aliphatic heterocycles. The SMILES string of the molecule is Cc1ccc(CNC(=O)N2CCc3cc(C(=O)NO)sc3C2)cc1. The second kappa shape index (κ2) is 7.02. The molecular weight excluding hydrogens is 326 g/mol. The van der Waals surface area contributed by atoms with Gasteiger partial charge in [-0.1, -0.05) is 29.8 Å². The summed E-state index contributed by atoms with van der Waals surface area (Å²) in [7, 11) is 0. The van der Waals surface area contributed by atoms with E-state index in [9.17, 15) is 9.59 Å². The lowest BCUT2D eigenvalue weighted by Gasteiger charge is -2.27. The van der Waals surface area contributed by atoms with Gasteiger partial charge in [0.1, 0.15) is 0 Å². The lowest BCUT2D eigenvalue weighted by atomic mass is 10.1. The number of aryl methyl sites for hydroxylation is 1. The van der Waals surface area contributed by atoms with Crippen LogP contribution in [0.25, 0.3) is 0 Å². The van der Waals surface area contributed by atoms with E-state index in [4.69, 9.17) is 5.21 Å². The van der Waals surface area contributed by atoms with Crippen LogP contribution in [-0.4, -0.2) is 28.6 Å². The Kier molecular flexibility index (Phi) is 4.82. The summed E-state index contributed by atoms with van der Waals surface area (Å²) < 4.78 is 0. The van der Waals surface area contributed by atoms with Gasteiger partial charge in [0.2, 0.25) is 0 Å². The Morgan fingerprint density at radius 3 is 2.75 bits per heavy atom. The predicted octanol–water partition coefficient (Wildman–Crippen LogP) is 2.44. The maximum atomic E-state index is 12.3. The molecule has 1 aliphatic rings. The Bertz CT molecular complexity index is 755. The van der Waals surface area contributed by atoms with E-state index in [-0.39, 0.29) is 6.03 Å². The molecule has 1 aromatic carbocycles. The molecule has 126 valence electrons. The van der Waals surface area contributed by atoms with Crippen molar-refractivity contribution in [2.45, 2.75) is 26.4 Å². The summed E-state index contributed by atoms with van der Waals surface area (Å²) in [6.45, 7) is 3.62. The van der Waals surface area contributed by atoms with Gasteiger partial charge < -0.3 is 10.2 Å². The first-order valence-corrected chi connectivity index (χ1v) is 8.53. The molecule has 0 saturated heterocycles. The van der Waals surface area contributed by atoms with Gasteiger partial charge in [0, 0.05) is 18.0 Å². The van der Waals surface area contributed by atoms with E-state index in [1.165, 1.54) is 16.9 Å². The zero-order valence-electron chi connectivity index (χ0n) is 13.3. The van der Waals surface area contributed by atoms with E-state index >= 15 is 0 Å². The van der Waals surface area contributed by atoms with Crippen LogP contribution in [-0.2, 0) is 19.5 Å². The number of urea groups is 1. The van der Waals surface area contributed by atoms with Crippen LogP contribution in [0.1, 0.15) is 31.2 Å². The van der Waals surface area contributed by atoms with Crippen LogP contribution in [0.4, 0.5) is 4.79 Å². The molecule has 24 heavy (non-hydrogen) atoms. The maximum Gasteiger partial charge on any atom is 0.318 e. The summed E-state index contributed by atoms with van der Waals surface area (Å²) in [5.74, 6) is -0.509. The monoisotopic (exact) mass is 345 g/mol. The number of fused-ring (bicyclic) bond motifs is 1. The molecule has 0 unspecified atom stereocenters. The molecule has 0 atom stereocenters. The lowest BCUT2D eigenvalue weighted by Crippen LogP contribution is -2.42. The van der Waals surface area contributed by atoms with Gasteiger partial charge in [0.05, 0.1) is 11.4 Å². The third-order valence-electron chi connectivity index (χ3n) is 4.06. The van der Waals surface area contributed by atoms with Crippen molar-refractivity contribution in [1.29, 1.82) is 0 Å². The number of nitrogens with zero attached hydrogens (tertiary/aromatic N) is 1. The molecule has 0 spiro atoms. The first-order valence-electron chi connectivity index (χ1n) is 7.71. The molecule has 0 saturated carbocycles. The summed E-state index contributed by atoms with van der Waals surface area (Å²) in [6, 6.07) is 9.73. The van der Waals surface area contributed by atoms with Crippen LogP contribution < -0.4 is 10.8 Å². The molecule has 3 amide bonds. The molecule has 0 fully saturated rings. The number of hydroxylamine groups is 1. The molecule has 2 heterocycles. The topological polar surface area (TPSA) is 81.7 Å². The van der Waals surface area contributed by atoms with Crippen molar-refractivity contribution in [3.63, 3.8) is 0 Å². The van der Waals surface area contributed by atoms with Crippen molar-refractivity contribution >= 4 is 23.3 Å². The number of rotatable bonds is 3. The minimum absolute atomic E-state index is 0.109. The van der Waals surface area contributed by atoms with Crippen LogP contribution in [0.5, 0.6) is 0 Å². The van der Waals surface area contributed by atoms with E-state index in [0.717, 1.165) is 16.0 Å². The van der Waals surface area contributed by atoms with E-state index in [0.29, 0.717) is 30.9 Å². The van der Waals surface area contributed by atoms with Gasteiger partial charge in [-0.2, -0.15) is 0 Å².